The lowest BCUT2D eigenvalue weighted by molar-refractivity contribution is 0.287. The van der Waals surface area contributed by atoms with E-state index in [1.165, 1.54) is 0 Å². The molecule has 1 aromatic rings. The van der Waals surface area contributed by atoms with E-state index in [0.717, 1.165) is 5.56 Å². The van der Waals surface area contributed by atoms with Crippen molar-refractivity contribution in [1.82, 2.24) is 5.32 Å². The fourth-order valence-corrected chi connectivity index (χ4v) is 1.82. The summed E-state index contributed by atoms with van der Waals surface area (Å²) in [4.78, 5) is 0. The van der Waals surface area contributed by atoms with Gasteiger partial charge in [-0.25, -0.2) is 0 Å². The zero-order chi connectivity index (χ0) is 13.4. The zero-order valence-corrected chi connectivity index (χ0v) is 11.4. The number of rotatable bonds is 7. The molecule has 0 radical (unpaired) electrons. The third-order valence-corrected chi connectivity index (χ3v) is 2.58. The lowest BCUT2D eigenvalue weighted by atomic mass is 10.2. The van der Waals surface area contributed by atoms with Gasteiger partial charge >= 0.3 is 0 Å². The van der Waals surface area contributed by atoms with Gasteiger partial charge in [-0.15, -0.1) is 0 Å². The Bertz CT molecular complexity index is 430. The molecule has 0 unspecified atom stereocenters. The predicted octanol–water partition coefficient (Wildman–Crippen LogP) is 2.75. The van der Waals surface area contributed by atoms with Crippen LogP contribution in [0.15, 0.2) is 12.1 Å². The second-order valence-corrected chi connectivity index (χ2v) is 4.17. The van der Waals surface area contributed by atoms with E-state index in [9.17, 15) is 0 Å². The molecule has 1 rings (SSSR count). The molecule has 0 heterocycles. The van der Waals surface area contributed by atoms with Crippen molar-refractivity contribution in [2.45, 2.75) is 19.4 Å². The fourth-order valence-electron chi connectivity index (χ4n) is 1.59. The number of hydrogen-bond donors (Lipinski definition) is 1. The van der Waals surface area contributed by atoms with E-state index < -0.39 is 0 Å². The number of unbranched alkanes of at least 4 members (excludes halogenated alkanes) is 1. The number of hydrogen-bond acceptors (Lipinski definition) is 4. The summed E-state index contributed by atoms with van der Waals surface area (Å²) in [5, 5.41) is 12.2. The number of nitrogens with zero attached hydrogens (tertiary/aromatic N) is 1. The second kappa shape index (κ2) is 7.80. The van der Waals surface area contributed by atoms with Gasteiger partial charge < -0.3 is 14.8 Å². The molecule has 18 heavy (non-hydrogen) atoms. The van der Waals surface area contributed by atoms with Crippen LogP contribution in [0.25, 0.3) is 0 Å². The molecule has 4 nitrogen and oxygen atoms in total. The Morgan fingerprint density at radius 2 is 2.22 bits per heavy atom. The molecule has 1 N–H and O–H groups in total. The monoisotopic (exact) mass is 268 g/mol. The van der Waals surface area contributed by atoms with E-state index in [0.29, 0.717) is 42.5 Å². The predicted molar refractivity (Wildman–Crippen MR) is 71.1 cm³/mol. The number of methoxy groups -OCH3 is 1. The molecule has 0 spiro atoms. The molecule has 0 bridgehead atoms. The van der Waals surface area contributed by atoms with Crippen molar-refractivity contribution in [2.24, 2.45) is 0 Å². The van der Waals surface area contributed by atoms with Crippen LogP contribution >= 0.6 is 11.6 Å². The van der Waals surface area contributed by atoms with Gasteiger partial charge in [0.1, 0.15) is 0 Å². The first kappa shape index (κ1) is 14.6. The number of halogens is 1. The van der Waals surface area contributed by atoms with Crippen LogP contribution in [0, 0.1) is 11.3 Å². The zero-order valence-electron chi connectivity index (χ0n) is 10.6. The molecular formula is C13H17ClN2O2. The minimum atomic E-state index is 0.483. The molecule has 0 aliphatic carbocycles. The maximum atomic E-state index is 8.48. The molecule has 1 aromatic carbocycles. The minimum absolute atomic E-state index is 0.483. The first-order valence-electron chi connectivity index (χ1n) is 5.73. The Balaban J connectivity index is 2.87. The SMILES string of the molecule is CNCc1cc(Cl)cc(OC)c1OCCCC#N. The summed E-state index contributed by atoms with van der Waals surface area (Å²) in [7, 11) is 3.43. The number of benzene rings is 1. The Morgan fingerprint density at radius 1 is 1.44 bits per heavy atom. The van der Waals surface area contributed by atoms with Gasteiger partial charge in [-0.3, -0.25) is 0 Å². The third kappa shape index (κ3) is 4.10. The van der Waals surface area contributed by atoms with Crippen molar-refractivity contribution >= 4 is 11.6 Å². The van der Waals surface area contributed by atoms with Crippen molar-refractivity contribution in [2.75, 3.05) is 20.8 Å². The summed E-state index contributed by atoms with van der Waals surface area (Å²) < 4.78 is 11.0. The smallest absolute Gasteiger partial charge is 0.165 e. The summed E-state index contributed by atoms with van der Waals surface area (Å²) in [5.41, 5.74) is 0.943. The summed E-state index contributed by atoms with van der Waals surface area (Å²) in [5.74, 6) is 1.30. The van der Waals surface area contributed by atoms with Crippen LogP contribution < -0.4 is 14.8 Å². The van der Waals surface area contributed by atoms with Crippen molar-refractivity contribution < 1.29 is 9.47 Å². The van der Waals surface area contributed by atoms with E-state index in [2.05, 4.69) is 11.4 Å². The Hall–Kier alpha value is -1.44. The van der Waals surface area contributed by atoms with Gasteiger partial charge in [0.15, 0.2) is 11.5 Å². The van der Waals surface area contributed by atoms with Crippen LogP contribution in [0.3, 0.4) is 0 Å². The summed E-state index contributed by atoms with van der Waals surface area (Å²) in [6.07, 6.45) is 1.18. The summed E-state index contributed by atoms with van der Waals surface area (Å²) >= 11 is 6.01. The molecule has 0 atom stereocenters. The highest BCUT2D eigenvalue weighted by Gasteiger charge is 2.12. The van der Waals surface area contributed by atoms with E-state index in [4.69, 9.17) is 26.3 Å². The topological polar surface area (TPSA) is 54.3 Å². The van der Waals surface area contributed by atoms with Crippen LogP contribution in [0.1, 0.15) is 18.4 Å². The van der Waals surface area contributed by atoms with Gasteiger partial charge in [-0.2, -0.15) is 5.26 Å². The van der Waals surface area contributed by atoms with E-state index >= 15 is 0 Å². The van der Waals surface area contributed by atoms with E-state index in [-0.39, 0.29) is 0 Å². The summed E-state index contributed by atoms with van der Waals surface area (Å²) in [6.45, 7) is 1.13. The molecule has 5 heteroatoms. The highest BCUT2D eigenvalue weighted by atomic mass is 35.5. The van der Waals surface area contributed by atoms with Crippen molar-refractivity contribution in [1.29, 1.82) is 5.26 Å². The normalized spacial score (nSPS) is 9.89. The largest absolute Gasteiger partial charge is 0.493 e. The van der Waals surface area contributed by atoms with Gasteiger partial charge in [-0.05, 0) is 19.5 Å². The molecule has 0 aliphatic heterocycles. The lowest BCUT2D eigenvalue weighted by Crippen LogP contribution is -2.09. The highest BCUT2D eigenvalue weighted by molar-refractivity contribution is 6.30. The van der Waals surface area contributed by atoms with Gasteiger partial charge in [0.05, 0.1) is 19.8 Å². The van der Waals surface area contributed by atoms with Crippen LogP contribution in [-0.2, 0) is 6.54 Å². The number of nitrogens with one attached hydrogen (secondary N) is 1. The number of nitriles is 1. The summed E-state index contributed by atoms with van der Waals surface area (Å²) in [6, 6.07) is 5.66. The van der Waals surface area contributed by atoms with Crippen LogP contribution in [0.2, 0.25) is 5.02 Å². The molecular weight excluding hydrogens is 252 g/mol. The van der Waals surface area contributed by atoms with Crippen LogP contribution in [0.4, 0.5) is 0 Å². The number of ether oxygens (including phenoxy) is 2. The minimum Gasteiger partial charge on any atom is -0.493 e. The molecule has 98 valence electrons. The Morgan fingerprint density at radius 3 is 2.83 bits per heavy atom. The van der Waals surface area contributed by atoms with Crippen molar-refractivity contribution in [3.8, 4) is 17.6 Å². The van der Waals surface area contributed by atoms with E-state index in [1.807, 2.05) is 13.1 Å². The van der Waals surface area contributed by atoms with Crippen LogP contribution in [0.5, 0.6) is 11.5 Å². The highest BCUT2D eigenvalue weighted by Crippen LogP contribution is 2.34. The van der Waals surface area contributed by atoms with Gasteiger partial charge in [0.2, 0.25) is 0 Å². The Kier molecular flexibility index (Phi) is 6.34. The standard InChI is InChI=1S/C13H17ClN2O2/c1-16-9-10-7-11(14)8-12(17-2)13(10)18-6-4-3-5-15/h7-8,16H,3-4,6,9H2,1-2H3. The van der Waals surface area contributed by atoms with Gasteiger partial charge in [0, 0.05) is 29.6 Å². The van der Waals surface area contributed by atoms with E-state index in [1.54, 1.807) is 13.2 Å². The van der Waals surface area contributed by atoms with Crippen LogP contribution in [-0.4, -0.2) is 20.8 Å². The Labute approximate surface area is 112 Å². The average Bonchev–Trinajstić information content (AvgIpc) is 2.36. The molecule has 0 saturated carbocycles. The first-order valence-corrected chi connectivity index (χ1v) is 6.11. The maximum Gasteiger partial charge on any atom is 0.165 e. The maximum absolute atomic E-state index is 8.48. The van der Waals surface area contributed by atoms with Gasteiger partial charge in [-0.1, -0.05) is 11.6 Å². The van der Waals surface area contributed by atoms with Crippen molar-refractivity contribution in [3.63, 3.8) is 0 Å². The third-order valence-electron chi connectivity index (χ3n) is 2.36. The fraction of sp³-hybridized carbons (Fsp3) is 0.462. The van der Waals surface area contributed by atoms with Crippen molar-refractivity contribution in [3.05, 3.63) is 22.7 Å². The second-order valence-electron chi connectivity index (χ2n) is 3.74. The quantitative estimate of drug-likeness (QED) is 0.773. The lowest BCUT2D eigenvalue weighted by Gasteiger charge is -2.15. The first-order chi connectivity index (χ1) is 8.72. The van der Waals surface area contributed by atoms with Gasteiger partial charge in [0.25, 0.3) is 0 Å². The molecule has 0 saturated heterocycles. The molecule has 0 fully saturated rings. The molecule has 0 amide bonds. The average molecular weight is 269 g/mol. The molecule has 0 aliphatic rings. The molecule has 0 aromatic heterocycles.